The van der Waals surface area contributed by atoms with E-state index in [-0.39, 0.29) is 18.0 Å². The average molecular weight is 220 g/mol. The van der Waals surface area contributed by atoms with E-state index in [0.29, 0.717) is 0 Å². The van der Waals surface area contributed by atoms with Crippen LogP contribution in [0, 0.1) is 12.7 Å². The van der Waals surface area contributed by atoms with Gasteiger partial charge in [0.25, 0.3) is 0 Å². The van der Waals surface area contributed by atoms with Crippen LogP contribution in [0.15, 0.2) is 18.2 Å². The van der Waals surface area contributed by atoms with Crippen molar-refractivity contribution in [1.82, 2.24) is 0 Å². The normalized spacial score (nSPS) is 11.6. The molecule has 0 aliphatic carbocycles. The summed E-state index contributed by atoms with van der Waals surface area (Å²) in [6.07, 6.45) is 0. The molecule has 1 aromatic rings. The molecule has 1 aromatic carbocycles. The average Bonchev–Trinajstić information content (AvgIpc) is 2.03. The van der Waals surface area contributed by atoms with E-state index in [1.807, 2.05) is 0 Å². The van der Waals surface area contributed by atoms with Crippen LogP contribution < -0.4 is 5.73 Å². The van der Waals surface area contributed by atoms with Gasteiger partial charge in [0, 0.05) is 5.56 Å². The van der Waals surface area contributed by atoms with Crippen molar-refractivity contribution in [1.29, 1.82) is 0 Å². The molecule has 0 radical (unpaired) electrons. The smallest absolute Gasteiger partial charge is 0.325 e. The summed E-state index contributed by atoms with van der Waals surface area (Å²) in [5, 5.41) is 8.54. The van der Waals surface area contributed by atoms with E-state index in [2.05, 4.69) is 0 Å². The quantitative estimate of drug-likeness (QED) is 0.795. The minimum Gasteiger partial charge on any atom is -0.480 e. The van der Waals surface area contributed by atoms with Crippen molar-refractivity contribution in [2.24, 2.45) is 5.73 Å². The van der Waals surface area contributed by atoms with E-state index in [4.69, 9.17) is 10.8 Å². The summed E-state index contributed by atoms with van der Waals surface area (Å²) in [6, 6.07) is 2.99. The van der Waals surface area contributed by atoms with E-state index in [1.165, 1.54) is 12.1 Å². The van der Waals surface area contributed by atoms with E-state index in [0.717, 1.165) is 5.56 Å². The molecule has 5 heteroatoms. The number of rotatable bonds is 2. The number of halogens is 2. The molecular weight excluding hydrogens is 209 g/mol. The van der Waals surface area contributed by atoms with Crippen LogP contribution in [0.2, 0.25) is 0 Å². The maximum Gasteiger partial charge on any atom is 0.325 e. The summed E-state index contributed by atoms with van der Waals surface area (Å²) in [5.41, 5.74) is 6.00. The van der Waals surface area contributed by atoms with Crippen molar-refractivity contribution in [3.8, 4) is 0 Å². The Labute approximate surface area is 87.1 Å². The van der Waals surface area contributed by atoms with Crippen molar-refractivity contribution in [3.63, 3.8) is 0 Å². The fraction of sp³-hybridized carbons (Fsp3) is 0.222. The predicted molar refractivity (Wildman–Crippen MR) is 52.9 cm³/mol. The lowest BCUT2D eigenvalue weighted by atomic mass is 10.1. The Morgan fingerprint density at radius 1 is 1.57 bits per heavy atom. The van der Waals surface area contributed by atoms with Gasteiger partial charge in [-0.05, 0) is 18.6 Å². The first-order chi connectivity index (χ1) is 6.02. The Balaban J connectivity index is 0.00000169. The number of carboxylic acids is 1. The Morgan fingerprint density at radius 3 is 2.57 bits per heavy atom. The lowest BCUT2D eigenvalue weighted by Gasteiger charge is -2.07. The Hall–Kier alpha value is -1.13. The van der Waals surface area contributed by atoms with E-state index >= 15 is 0 Å². The molecule has 0 aliphatic rings. The van der Waals surface area contributed by atoms with Crippen LogP contribution in [0.4, 0.5) is 4.39 Å². The van der Waals surface area contributed by atoms with Gasteiger partial charge in [0.15, 0.2) is 0 Å². The van der Waals surface area contributed by atoms with Gasteiger partial charge in [-0.2, -0.15) is 0 Å². The summed E-state index contributed by atoms with van der Waals surface area (Å²) >= 11 is 0. The molecule has 0 unspecified atom stereocenters. The van der Waals surface area contributed by atoms with E-state index in [1.54, 1.807) is 13.0 Å². The maximum atomic E-state index is 13.1. The van der Waals surface area contributed by atoms with Crippen molar-refractivity contribution in [2.45, 2.75) is 13.0 Å². The highest BCUT2D eigenvalue weighted by Gasteiger charge is 2.17. The van der Waals surface area contributed by atoms with Crippen LogP contribution in [0.5, 0.6) is 0 Å². The van der Waals surface area contributed by atoms with Gasteiger partial charge in [-0.25, -0.2) is 4.39 Å². The third-order valence-electron chi connectivity index (χ3n) is 1.76. The second-order valence-corrected chi connectivity index (χ2v) is 2.84. The van der Waals surface area contributed by atoms with Gasteiger partial charge in [0.1, 0.15) is 11.9 Å². The SMILES string of the molecule is Cc1ccc([C@@H](N)C(=O)O)c(F)c1.Cl. The van der Waals surface area contributed by atoms with Gasteiger partial charge in [-0.15, -0.1) is 12.4 Å². The summed E-state index contributed by atoms with van der Waals surface area (Å²) in [4.78, 5) is 10.4. The topological polar surface area (TPSA) is 63.3 Å². The molecule has 14 heavy (non-hydrogen) atoms. The third-order valence-corrected chi connectivity index (χ3v) is 1.76. The first-order valence-electron chi connectivity index (χ1n) is 3.77. The largest absolute Gasteiger partial charge is 0.480 e. The van der Waals surface area contributed by atoms with Crippen molar-refractivity contribution in [3.05, 3.63) is 35.1 Å². The standard InChI is InChI=1S/C9H10FNO2.ClH/c1-5-2-3-6(7(10)4-5)8(11)9(12)13;/h2-4,8H,11H2,1H3,(H,12,13);1H/t8-;/m1./s1. The molecule has 0 aliphatic heterocycles. The van der Waals surface area contributed by atoms with Crippen LogP contribution in [-0.2, 0) is 4.79 Å². The highest BCUT2D eigenvalue weighted by atomic mass is 35.5. The second-order valence-electron chi connectivity index (χ2n) is 2.84. The van der Waals surface area contributed by atoms with Gasteiger partial charge in [0.05, 0.1) is 0 Å². The van der Waals surface area contributed by atoms with Gasteiger partial charge < -0.3 is 10.8 Å². The van der Waals surface area contributed by atoms with E-state index < -0.39 is 17.8 Å². The first kappa shape index (κ1) is 12.9. The summed E-state index contributed by atoms with van der Waals surface area (Å²) in [6.45, 7) is 1.72. The molecule has 0 heterocycles. The number of aliphatic carboxylic acids is 1. The molecule has 3 N–H and O–H groups in total. The van der Waals surface area contributed by atoms with Crippen LogP contribution in [0.1, 0.15) is 17.2 Å². The van der Waals surface area contributed by atoms with Crippen LogP contribution >= 0.6 is 12.4 Å². The zero-order valence-electron chi connectivity index (χ0n) is 7.53. The number of nitrogens with two attached hydrogens (primary N) is 1. The van der Waals surface area contributed by atoms with Gasteiger partial charge in [0.2, 0.25) is 0 Å². The lowest BCUT2D eigenvalue weighted by Crippen LogP contribution is -2.21. The van der Waals surface area contributed by atoms with E-state index in [9.17, 15) is 9.18 Å². The van der Waals surface area contributed by atoms with Gasteiger partial charge >= 0.3 is 5.97 Å². The molecule has 0 saturated carbocycles. The fourth-order valence-corrected chi connectivity index (χ4v) is 1.02. The number of hydrogen-bond acceptors (Lipinski definition) is 2. The number of benzene rings is 1. The van der Waals surface area contributed by atoms with Gasteiger partial charge in [-0.3, -0.25) is 4.79 Å². The molecule has 78 valence electrons. The molecule has 0 spiro atoms. The number of carboxylic acid groups (broad SMARTS) is 1. The predicted octanol–water partition coefficient (Wildman–Crippen LogP) is 1.64. The van der Waals surface area contributed by atoms with Crippen molar-refractivity contribution < 1.29 is 14.3 Å². The summed E-state index contributed by atoms with van der Waals surface area (Å²) < 4.78 is 13.1. The van der Waals surface area contributed by atoms with Crippen LogP contribution in [-0.4, -0.2) is 11.1 Å². The lowest BCUT2D eigenvalue weighted by molar-refractivity contribution is -0.138. The molecule has 0 amide bonds. The molecule has 0 saturated heterocycles. The summed E-state index contributed by atoms with van der Waals surface area (Å²) in [5.74, 6) is -1.81. The highest BCUT2D eigenvalue weighted by Crippen LogP contribution is 2.16. The zero-order valence-corrected chi connectivity index (χ0v) is 8.34. The molecule has 0 bridgehead atoms. The Kier molecular flexibility index (Phi) is 4.53. The molecular formula is C9H11ClFNO2. The third kappa shape index (κ3) is 2.68. The number of carbonyl (C=O) groups is 1. The number of aryl methyl sites for hydroxylation is 1. The fourth-order valence-electron chi connectivity index (χ4n) is 1.02. The monoisotopic (exact) mass is 219 g/mol. The minimum absolute atomic E-state index is 0. The molecule has 1 atom stereocenters. The second kappa shape index (κ2) is 4.93. The summed E-state index contributed by atoms with van der Waals surface area (Å²) in [7, 11) is 0. The zero-order chi connectivity index (χ0) is 10.0. The molecule has 0 fully saturated rings. The molecule has 0 aromatic heterocycles. The van der Waals surface area contributed by atoms with Crippen molar-refractivity contribution >= 4 is 18.4 Å². The molecule has 1 rings (SSSR count). The van der Waals surface area contributed by atoms with Crippen LogP contribution in [0.25, 0.3) is 0 Å². The van der Waals surface area contributed by atoms with Crippen molar-refractivity contribution in [2.75, 3.05) is 0 Å². The minimum atomic E-state index is -1.29. The highest BCUT2D eigenvalue weighted by molar-refractivity contribution is 5.85. The maximum absolute atomic E-state index is 13.1. The molecule has 3 nitrogen and oxygen atoms in total. The number of hydrogen-bond donors (Lipinski definition) is 2. The van der Waals surface area contributed by atoms with Crippen LogP contribution in [0.3, 0.4) is 0 Å². The van der Waals surface area contributed by atoms with Gasteiger partial charge in [-0.1, -0.05) is 12.1 Å². The Bertz CT molecular complexity index is 344. The first-order valence-corrected chi connectivity index (χ1v) is 3.77. The Morgan fingerprint density at radius 2 is 2.14 bits per heavy atom.